The van der Waals surface area contributed by atoms with Crippen molar-refractivity contribution in [1.82, 2.24) is 25.8 Å². The van der Waals surface area contributed by atoms with Gasteiger partial charge in [-0.05, 0) is 43.3 Å². The molecule has 118 valence electrons. The Hall–Kier alpha value is -3.12. The number of aliphatic imine (C=N–C) groups is 1. The van der Waals surface area contributed by atoms with Gasteiger partial charge in [-0.3, -0.25) is 9.97 Å². The lowest BCUT2D eigenvalue weighted by atomic mass is 10.1. The number of nitrogens with zero attached hydrogens (tertiary/aromatic N) is 4. The monoisotopic (exact) mass is 316 g/mol. The summed E-state index contributed by atoms with van der Waals surface area (Å²) in [5.74, 6) is 0.681. The molecule has 0 aliphatic carbocycles. The average Bonchev–Trinajstić information content (AvgIpc) is 3.07. The second-order valence-electron chi connectivity index (χ2n) is 5.62. The van der Waals surface area contributed by atoms with Crippen molar-refractivity contribution in [1.29, 1.82) is 0 Å². The van der Waals surface area contributed by atoms with E-state index >= 15 is 0 Å². The Morgan fingerprint density at radius 1 is 0.792 bits per heavy atom. The van der Waals surface area contributed by atoms with Gasteiger partial charge < -0.3 is 5.43 Å². The van der Waals surface area contributed by atoms with Crippen LogP contribution in [0.5, 0.6) is 0 Å². The van der Waals surface area contributed by atoms with Gasteiger partial charge in [-0.25, -0.2) is 15.4 Å². The Morgan fingerprint density at radius 2 is 1.54 bits per heavy atom. The van der Waals surface area contributed by atoms with Gasteiger partial charge in [0.2, 0.25) is 0 Å². The third-order valence-corrected chi connectivity index (χ3v) is 3.84. The van der Waals surface area contributed by atoms with E-state index in [2.05, 4.69) is 25.8 Å². The molecule has 3 aromatic heterocycles. The molecular formula is C18H16N6. The summed E-state index contributed by atoms with van der Waals surface area (Å²) < 4.78 is 0. The van der Waals surface area contributed by atoms with Gasteiger partial charge in [0.25, 0.3) is 0 Å². The topological polar surface area (TPSA) is 75.1 Å². The van der Waals surface area contributed by atoms with E-state index in [1.807, 2.05) is 61.5 Å². The molecule has 6 heteroatoms. The van der Waals surface area contributed by atoms with Crippen LogP contribution >= 0.6 is 0 Å². The number of amidine groups is 1. The normalized spacial score (nSPS) is 19.6. The summed E-state index contributed by atoms with van der Waals surface area (Å²) in [5, 5.41) is 0. The molecule has 1 aliphatic heterocycles. The largest absolute Gasteiger partial charge is 0.302 e. The van der Waals surface area contributed by atoms with Crippen molar-refractivity contribution in [2.75, 3.05) is 0 Å². The van der Waals surface area contributed by atoms with Crippen LogP contribution in [0.25, 0.3) is 11.4 Å². The number of nitrogens with one attached hydrogen (secondary N) is 2. The van der Waals surface area contributed by atoms with Gasteiger partial charge in [0.1, 0.15) is 5.69 Å². The first-order valence-corrected chi connectivity index (χ1v) is 7.68. The standard InChI is InChI=1S/C18H16N6/c1-18(16-10-3-5-12-20-16)22-17(23-24-18)15-9-6-8-14(21-15)13-7-2-4-11-19-13/h2-12,24H,1H3,(H,22,23). The van der Waals surface area contributed by atoms with E-state index in [0.717, 1.165) is 22.8 Å². The fourth-order valence-electron chi connectivity index (χ4n) is 2.58. The van der Waals surface area contributed by atoms with E-state index < -0.39 is 5.66 Å². The summed E-state index contributed by atoms with van der Waals surface area (Å²) in [7, 11) is 0. The van der Waals surface area contributed by atoms with Crippen LogP contribution in [0.4, 0.5) is 0 Å². The van der Waals surface area contributed by atoms with Crippen LogP contribution in [0, 0.1) is 0 Å². The fourth-order valence-corrected chi connectivity index (χ4v) is 2.58. The van der Waals surface area contributed by atoms with Crippen molar-refractivity contribution >= 4 is 5.84 Å². The number of rotatable bonds is 3. The number of aromatic nitrogens is 3. The molecule has 4 heterocycles. The Kier molecular flexibility index (Phi) is 3.51. The Morgan fingerprint density at radius 3 is 2.29 bits per heavy atom. The minimum atomic E-state index is -0.626. The maximum Gasteiger partial charge on any atom is 0.168 e. The molecule has 3 aromatic rings. The van der Waals surface area contributed by atoms with Crippen molar-refractivity contribution in [2.24, 2.45) is 4.99 Å². The molecule has 6 nitrogen and oxygen atoms in total. The SMILES string of the molecule is CC1(c2ccccn2)N=C(c2cccc(-c3ccccn3)n2)NN1. The molecule has 0 radical (unpaired) electrons. The number of hydrogen-bond acceptors (Lipinski definition) is 6. The van der Waals surface area contributed by atoms with E-state index in [9.17, 15) is 0 Å². The van der Waals surface area contributed by atoms with Crippen molar-refractivity contribution in [3.05, 3.63) is 78.4 Å². The molecule has 1 atom stereocenters. The van der Waals surface area contributed by atoms with Crippen LogP contribution in [-0.4, -0.2) is 20.8 Å². The van der Waals surface area contributed by atoms with Gasteiger partial charge in [-0.1, -0.05) is 18.2 Å². The van der Waals surface area contributed by atoms with Gasteiger partial charge in [0.15, 0.2) is 11.5 Å². The maximum absolute atomic E-state index is 4.74. The Balaban J connectivity index is 1.69. The van der Waals surface area contributed by atoms with Gasteiger partial charge in [-0.2, -0.15) is 0 Å². The smallest absolute Gasteiger partial charge is 0.168 e. The molecule has 0 amide bonds. The van der Waals surface area contributed by atoms with Crippen LogP contribution in [-0.2, 0) is 5.66 Å². The third kappa shape index (κ3) is 2.63. The number of hydrogen-bond donors (Lipinski definition) is 2. The lowest BCUT2D eigenvalue weighted by Gasteiger charge is -2.19. The summed E-state index contributed by atoms with van der Waals surface area (Å²) in [6.07, 6.45) is 3.52. The fraction of sp³-hybridized carbons (Fsp3) is 0.111. The van der Waals surface area contributed by atoms with Gasteiger partial charge in [0.05, 0.1) is 17.1 Å². The summed E-state index contributed by atoms with van der Waals surface area (Å²) >= 11 is 0. The first kappa shape index (κ1) is 14.5. The molecule has 0 saturated heterocycles. The summed E-state index contributed by atoms with van der Waals surface area (Å²) in [6.45, 7) is 1.97. The zero-order valence-electron chi connectivity index (χ0n) is 13.1. The van der Waals surface area contributed by atoms with E-state index in [-0.39, 0.29) is 0 Å². The number of pyridine rings is 3. The van der Waals surface area contributed by atoms with Crippen molar-refractivity contribution in [2.45, 2.75) is 12.6 Å². The van der Waals surface area contributed by atoms with E-state index in [4.69, 9.17) is 4.99 Å². The Bertz CT molecular complexity index is 878. The average molecular weight is 316 g/mol. The molecule has 1 unspecified atom stereocenters. The third-order valence-electron chi connectivity index (χ3n) is 3.84. The lowest BCUT2D eigenvalue weighted by molar-refractivity contribution is 0.387. The molecule has 24 heavy (non-hydrogen) atoms. The lowest BCUT2D eigenvalue weighted by Crippen LogP contribution is -2.42. The predicted octanol–water partition coefficient (Wildman–Crippen LogP) is 2.27. The first-order valence-electron chi connectivity index (χ1n) is 7.68. The first-order chi connectivity index (χ1) is 11.7. The van der Waals surface area contributed by atoms with Gasteiger partial charge >= 0.3 is 0 Å². The minimum absolute atomic E-state index is 0.626. The second-order valence-corrected chi connectivity index (χ2v) is 5.62. The second kappa shape index (κ2) is 5.82. The zero-order chi connectivity index (χ0) is 16.4. The minimum Gasteiger partial charge on any atom is -0.302 e. The molecule has 2 N–H and O–H groups in total. The highest BCUT2D eigenvalue weighted by atomic mass is 15.5. The molecule has 4 rings (SSSR count). The summed E-state index contributed by atoms with van der Waals surface area (Å²) in [6, 6.07) is 17.4. The summed E-state index contributed by atoms with van der Waals surface area (Å²) in [5.41, 5.74) is 8.91. The van der Waals surface area contributed by atoms with E-state index in [0.29, 0.717) is 5.84 Å². The van der Waals surface area contributed by atoms with Gasteiger partial charge in [-0.15, -0.1) is 0 Å². The zero-order valence-corrected chi connectivity index (χ0v) is 13.1. The Labute approximate surface area is 139 Å². The van der Waals surface area contributed by atoms with Crippen LogP contribution < -0.4 is 10.9 Å². The molecular weight excluding hydrogens is 300 g/mol. The van der Waals surface area contributed by atoms with Crippen molar-refractivity contribution < 1.29 is 0 Å². The quantitative estimate of drug-likeness (QED) is 0.775. The maximum atomic E-state index is 4.74. The van der Waals surface area contributed by atoms with Crippen LogP contribution in [0.3, 0.4) is 0 Å². The molecule has 0 saturated carbocycles. The molecule has 0 fully saturated rings. The molecule has 1 aliphatic rings. The predicted molar refractivity (Wildman–Crippen MR) is 91.9 cm³/mol. The van der Waals surface area contributed by atoms with Crippen LogP contribution in [0.1, 0.15) is 18.3 Å². The van der Waals surface area contributed by atoms with Crippen LogP contribution in [0.2, 0.25) is 0 Å². The van der Waals surface area contributed by atoms with Gasteiger partial charge in [0, 0.05) is 12.4 Å². The number of hydrazine groups is 1. The molecule has 0 spiro atoms. The highest BCUT2D eigenvalue weighted by Crippen LogP contribution is 2.24. The van der Waals surface area contributed by atoms with E-state index in [1.54, 1.807) is 12.4 Å². The van der Waals surface area contributed by atoms with E-state index in [1.165, 1.54) is 0 Å². The highest BCUT2D eigenvalue weighted by molar-refractivity contribution is 5.98. The molecule has 0 bridgehead atoms. The molecule has 0 aromatic carbocycles. The van der Waals surface area contributed by atoms with Crippen LogP contribution in [0.15, 0.2) is 72.0 Å². The summed E-state index contributed by atoms with van der Waals surface area (Å²) in [4.78, 5) is 18.1. The highest BCUT2D eigenvalue weighted by Gasteiger charge is 2.33. The van der Waals surface area contributed by atoms with Crippen molar-refractivity contribution in [3.8, 4) is 11.4 Å². The van der Waals surface area contributed by atoms with Crippen molar-refractivity contribution in [3.63, 3.8) is 0 Å².